The number of ether oxygens (including phenoxy) is 1. The number of amides is 1. The van der Waals surface area contributed by atoms with Crippen LogP contribution in [0.4, 0.5) is 0 Å². The van der Waals surface area contributed by atoms with Gasteiger partial charge in [0.25, 0.3) is 5.91 Å². The van der Waals surface area contributed by atoms with Crippen LogP contribution >= 0.6 is 23.1 Å². The molecule has 1 aromatic heterocycles. The zero-order valence-corrected chi connectivity index (χ0v) is 14.7. The number of carbonyl (C=O) groups excluding carboxylic acids is 1. The first-order chi connectivity index (χ1) is 11.3. The molecule has 1 aliphatic heterocycles. The van der Waals surface area contributed by atoms with Crippen molar-refractivity contribution in [3.63, 3.8) is 0 Å². The highest BCUT2D eigenvalue weighted by Gasteiger charge is 2.25. The van der Waals surface area contributed by atoms with Gasteiger partial charge in [-0.05, 0) is 24.7 Å². The van der Waals surface area contributed by atoms with Crippen molar-refractivity contribution in [1.82, 2.24) is 9.88 Å². The molecule has 0 radical (unpaired) electrons. The first kappa shape index (κ1) is 16.5. The Morgan fingerprint density at radius 1 is 1.43 bits per heavy atom. The molecule has 1 aromatic carbocycles. The average Bonchev–Trinajstić information content (AvgIpc) is 3.26. The molecule has 23 heavy (non-hydrogen) atoms. The molecule has 2 aromatic rings. The normalized spacial score (nSPS) is 17.3. The highest BCUT2D eigenvalue weighted by molar-refractivity contribution is 8.00. The second kappa shape index (κ2) is 7.95. The smallest absolute Gasteiger partial charge is 0.273 e. The van der Waals surface area contributed by atoms with E-state index in [2.05, 4.69) is 4.98 Å². The summed E-state index contributed by atoms with van der Waals surface area (Å²) in [6.45, 7) is 2.01. The third kappa shape index (κ3) is 4.34. The van der Waals surface area contributed by atoms with Crippen molar-refractivity contribution in [2.75, 3.05) is 19.4 Å². The summed E-state index contributed by atoms with van der Waals surface area (Å²) in [6, 6.07) is 10.1. The van der Waals surface area contributed by atoms with Gasteiger partial charge in [0.05, 0.1) is 6.10 Å². The van der Waals surface area contributed by atoms with E-state index in [-0.39, 0.29) is 12.0 Å². The summed E-state index contributed by atoms with van der Waals surface area (Å²) in [5.41, 5.74) is 1.66. The Morgan fingerprint density at radius 2 is 2.26 bits per heavy atom. The maximum Gasteiger partial charge on any atom is 0.273 e. The maximum atomic E-state index is 12.9. The van der Waals surface area contributed by atoms with Crippen LogP contribution in [-0.4, -0.2) is 41.3 Å². The van der Waals surface area contributed by atoms with E-state index in [1.807, 2.05) is 46.9 Å². The molecule has 1 fully saturated rings. The Hall–Kier alpha value is -1.37. The first-order valence-corrected chi connectivity index (χ1v) is 9.81. The van der Waals surface area contributed by atoms with E-state index in [4.69, 9.17) is 4.74 Å². The summed E-state index contributed by atoms with van der Waals surface area (Å²) in [5.74, 6) is -0.0131. The van der Waals surface area contributed by atoms with Crippen LogP contribution in [0, 0.1) is 0 Å². The lowest BCUT2D eigenvalue weighted by atomic mass is 10.1. The first-order valence-electron chi connectivity index (χ1n) is 7.70. The van der Waals surface area contributed by atoms with Gasteiger partial charge in [0.2, 0.25) is 0 Å². The molecule has 3 rings (SSSR count). The van der Waals surface area contributed by atoms with Crippen LogP contribution in [0.25, 0.3) is 0 Å². The van der Waals surface area contributed by atoms with E-state index in [1.54, 1.807) is 11.8 Å². The molecule has 4 nitrogen and oxygen atoms in total. The van der Waals surface area contributed by atoms with Gasteiger partial charge >= 0.3 is 0 Å². The highest BCUT2D eigenvalue weighted by Crippen LogP contribution is 2.22. The van der Waals surface area contributed by atoms with Gasteiger partial charge in [0.15, 0.2) is 0 Å². The van der Waals surface area contributed by atoms with Crippen molar-refractivity contribution >= 4 is 29.0 Å². The molecular formula is C17H20N2O2S2. The topological polar surface area (TPSA) is 42.4 Å². The van der Waals surface area contributed by atoms with Crippen molar-refractivity contribution in [3.8, 4) is 0 Å². The van der Waals surface area contributed by atoms with Crippen LogP contribution in [0.2, 0.25) is 0 Å². The number of rotatable bonds is 6. The number of benzene rings is 1. The molecular weight excluding hydrogens is 328 g/mol. The molecule has 1 unspecified atom stereocenters. The molecule has 1 amide bonds. The van der Waals surface area contributed by atoms with Crippen LogP contribution in [0.1, 0.15) is 28.9 Å². The molecule has 0 bridgehead atoms. The SMILES string of the molecule is CSc1nc(C(=O)N(Cc2ccccc2)CC2CCCO2)cs1. The summed E-state index contributed by atoms with van der Waals surface area (Å²) < 4.78 is 6.64. The van der Waals surface area contributed by atoms with E-state index in [9.17, 15) is 4.79 Å². The van der Waals surface area contributed by atoms with E-state index < -0.39 is 0 Å². The lowest BCUT2D eigenvalue weighted by Gasteiger charge is -2.25. The minimum absolute atomic E-state index is 0.0131. The second-order valence-corrected chi connectivity index (χ2v) is 7.42. The molecule has 0 aliphatic carbocycles. The van der Waals surface area contributed by atoms with E-state index in [0.717, 1.165) is 29.4 Å². The van der Waals surface area contributed by atoms with Crippen LogP contribution in [0.15, 0.2) is 40.1 Å². The number of thioether (sulfide) groups is 1. The van der Waals surface area contributed by atoms with Gasteiger partial charge in [0.1, 0.15) is 10.0 Å². The Balaban J connectivity index is 1.76. The van der Waals surface area contributed by atoms with Gasteiger partial charge < -0.3 is 9.64 Å². The van der Waals surface area contributed by atoms with Gasteiger partial charge in [-0.3, -0.25) is 4.79 Å². The van der Waals surface area contributed by atoms with Crippen LogP contribution < -0.4 is 0 Å². The number of carbonyl (C=O) groups is 1. The van der Waals surface area contributed by atoms with Crippen molar-refractivity contribution in [2.45, 2.75) is 29.8 Å². The quantitative estimate of drug-likeness (QED) is 0.747. The number of aromatic nitrogens is 1. The molecule has 2 heterocycles. The van der Waals surface area contributed by atoms with Gasteiger partial charge in [0, 0.05) is 25.1 Å². The zero-order valence-electron chi connectivity index (χ0n) is 13.1. The minimum Gasteiger partial charge on any atom is -0.376 e. The summed E-state index contributed by atoms with van der Waals surface area (Å²) in [5, 5.41) is 1.85. The van der Waals surface area contributed by atoms with Crippen LogP contribution in [0.5, 0.6) is 0 Å². The van der Waals surface area contributed by atoms with E-state index in [1.165, 1.54) is 11.3 Å². The largest absolute Gasteiger partial charge is 0.376 e. The van der Waals surface area contributed by atoms with Gasteiger partial charge in [-0.15, -0.1) is 11.3 Å². The van der Waals surface area contributed by atoms with Crippen LogP contribution in [0.3, 0.4) is 0 Å². The van der Waals surface area contributed by atoms with Crippen molar-refractivity contribution in [1.29, 1.82) is 0 Å². The highest BCUT2D eigenvalue weighted by atomic mass is 32.2. The summed E-state index contributed by atoms with van der Waals surface area (Å²) in [6.07, 6.45) is 4.21. The summed E-state index contributed by atoms with van der Waals surface area (Å²) in [4.78, 5) is 19.2. The number of hydrogen-bond acceptors (Lipinski definition) is 5. The predicted octanol–water partition coefficient (Wildman–Crippen LogP) is 3.69. The fourth-order valence-electron chi connectivity index (χ4n) is 2.67. The fraction of sp³-hybridized carbons (Fsp3) is 0.412. The Kier molecular flexibility index (Phi) is 5.70. The molecule has 122 valence electrons. The minimum atomic E-state index is -0.0131. The van der Waals surface area contributed by atoms with Crippen molar-refractivity contribution in [2.24, 2.45) is 0 Å². The average molecular weight is 348 g/mol. The molecule has 0 saturated carbocycles. The van der Waals surface area contributed by atoms with Crippen molar-refractivity contribution < 1.29 is 9.53 Å². The molecule has 6 heteroatoms. The molecule has 1 saturated heterocycles. The number of nitrogens with zero attached hydrogens (tertiary/aromatic N) is 2. The Bertz CT molecular complexity index is 639. The Labute approximate surface area is 144 Å². The number of thiazole rings is 1. The Morgan fingerprint density at radius 3 is 2.91 bits per heavy atom. The summed E-state index contributed by atoms with van der Waals surface area (Å²) in [7, 11) is 0. The van der Waals surface area contributed by atoms with Gasteiger partial charge in [-0.25, -0.2) is 4.98 Å². The molecule has 1 aliphatic rings. The lowest BCUT2D eigenvalue weighted by Crippen LogP contribution is -2.37. The number of hydrogen-bond donors (Lipinski definition) is 0. The van der Waals surface area contributed by atoms with Crippen LogP contribution in [-0.2, 0) is 11.3 Å². The van der Waals surface area contributed by atoms with E-state index >= 15 is 0 Å². The third-order valence-corrected chi connectivity index (χ3v) is 5.69. The second-order valence-electron chi connectivity index (χ2n) is 5.51. The lowest BCUT2D eigenvalue weighted by molar-refractivity contribution is 0.0503. The van der Waals surface area contributed by atoms with Gasteiger partial charge in [-0.2, -0.15) is 0 Å². The fourth-order valence-corrected chi connectivity index (χ4v) is 3.90. The third-order valence-electron chi connectivity index (χ3n) is 3.83. The zero-order chi connectivity index (χ0) is 16.1. The summed E-state index contributed by atoms with van der Waals surface area (Å²) >= 11 is 3.09. The van der Waals surface area contributed by atoms with Crippen molar-refractivity contribution in [3.05, 3.63) is 47.0 Å². The van der Waals surface area contributed by atoms with Gasteiger partial charge in [-0.1, -0.05) is 42.1 Å². The molecule has 0 spiro atoms. The van der Waals surface area contributed by atoms with E-state index in [0.29, 0.717) is 18.8 Å². The monoisotopic (exact) mass is 348 g/mol. The molecule has 1 atom stereocenters. The standard InChI is InChI=1S/C17H20N2O2S2/c1-22-17-18-15(12-23-17)16(20)19(11-14-8-5-9-21-14)10-13-6-3-2-4-7-13/h2-4,6-7,12,14H,5,8-11H2,1H3. The predicted molar refractivity (Wildman–Crippen MR) is 94.1 cm³/mol. The maximum absolute atomic E-state index is 12.9. The molecule has 0 N–H and O–H groups in total.